The summed E-state index contributed by atoms with van der Waals surface area (Å²) in [6, 6.07) is 59.5. The largest absolute Gasteiger partial charge is 0.455 e. The lowest BCUT2D eigenvalue weighted by Crippen LogP contribution is -1.87. The van der Waals surface area contributed by atoms with Crippen molar-refractivity contribution in [1.82, 2.24) is 0 Å². The Labute approximate surface area is 266 Å². The molecule has 0 radical (unpaired) electrons. The highest BCUT2D eigenvalue weighted by molar-refractivity contribution is 6.10. The van der Waals surface area contributed by atoms with E-state index in [-0.39, 0.29) is 0 Å². The summed E-state index contributed by atoms with van der Waals surface area (Å²) in [5, 5.41) is 4.41. The molecule has 7 aromatic carbocycles. The SMILES string of the molecule is c1ccc(-c2cccc(-c3oc(-c4cc(-c5cccc6c5oc5ccccc56)ccc4-c4ccccc4)c4ccccc34)c2)cc1. The smallest absolute Gasteiger partial charge is 0.143 e. The van der Waals surface area contributed by atoms with Crippen LogP contribution in [0.1, 0.15) is 0 Å². The van der Waals surface area contributed by atoms with Crippen LogP contribution in [0, 0.1) is 0 Å². The minimum absolute atomic E-state index is 0.855. The van der Waals surface area contributed by atoms with Gasteiger partial charge in [-0.15, -0.1) is 0 Å². The first kappa shape index (κ1) is 26.3. The molecule has 2 heteroatoms. The Hall–Kier alpha value is -6.12. The van der Waals surface area contributed by atoms with Crippen LogP contribution in [0.25, 0.3) is 88.7 Å². The Bertz CT molecular complexity index is 2520. The maximum absolute atomic E-state index is 6.99. The first-order chi connectivity index (χ1) is 22.8. The fourth-order valence-corrected chi connectivity index (χ4v) is 6.72. The van der Waals surface area contributed by atoms with Gasteiger partial charge in [0.1, 0.15) is 22.7 Å². The highest BCUT2D eigenvalue weighted by Crippen LogP contribution is 2.45. The number of rotatable bonds is 5. The van der Waals surface area contributed by atoms with Crippen molar-refractivity contribution in [3.8, 4) is 56.0 Å². The molecule has 2 nitrogen and oxygen atoms in total. The van der Waals surface area contributed by atoms with E-state index in [0.717, 1.165) is 83.2 Å². The van der Waals surface area contributed by atoms with E-state index in [0.29, 0.717) is 0 Å². The summed E-state index contributed by atoms with van der Waals surface area (Å²) >= 11 is 0. The van der Waals surface area contributed by atoms with Crippen LogP contribution in [0.5, 0.6) is 0 Å². The van der Waals surface area contributed by atoms with Gasteiger partial charge in [0.15, 0.2) is 0 Å². The number of furan rings is 2. The Morgan fingerprint density at radius 3 is 1.70 bits per heavy atom. The molecule has 0 aliphatic carbocycles. The van der Waals surface area contributed by atoms with Crippen LogP contribution in [0.4, 0.5) is 0 Å². The quantitative estimate of drug-likeness (QED) is 0.200. The molecule has 0 aliphatic rings. The lowest BCUT2D eigenvalue weighted by atomic mass is 9.92. The van der Waals surface area contributed by atoms with Crippen molar-refractivity contribution in [1.29, 1.82) is 0 Å². The van der Waals surface area contributed by atoms with Gasteiger partial charge in [0.2, 0.25) is 0 Å². The molecule has 216 valence electrons. The zero-order valence-electron chi connectivity index (χ0n) is 25.0. The van der Waals surface area contributed by atoms with E-state index >= 15 is 0 Å². The predicted molar refractivity (Wildman–Crippen MR) is 191 cm³/mol. The molecular weight excluding hydrogens is 560 g/mol. The van der Waals surface area contributed by atoms with Gasteiger partial charge in [-0.3, -0.25) is 0 Å². The summed E-state index contributed by atoms with van der Waals surface area (Å²) in [6.07, 6.45) is 0. The fraction of sp³-hybridized carbons (Fsp3) is 0. The van der Waals surface area contributed by atoms with Crippen molar-refractivity contribution < 1.29 is 8.83 Å². The van der Waals surface area contributed by atoms with Crippen LogP contribution in [0.3, 0.4) is 0 Å². The Balaban J connectivity index is 1.28. The van der Waals surface area contributed by atoms with Crippen molar-refractivity contribution in [3.05, 3.63) is 170 Å². The lowest BCUT2D eigenvalue weighted by molar-refractivity contribution is 0.602. The zero-order valence-corrected chi connectivity index (χ0v) is 25.0. The number of para-hydroxylation sites is 2. The molecule has 0 fully saturated rings. The minimum Gasteiger partial charge on any atom is -0.455 e. The first-order valence-electron chi connectivity index (χ1n) is 15.6. The van der Waals surface area contributed by atoms with Gasteiger partial charge in [-0.2, -0.15) is 0 Å². The number of benzene rings is 7. The Morgan fingerprint density at radius 1 is 0.283 bits per heavy atom. The molecule has 0 bridgehead atoms. The molecule has 0 spiro atoms. The van der Waals surface area contributed by atoms with Gasteiger partial charge in [-0.25, -0.2) is 0 Å². The van der Waals surface area contributed by atoms with Crippen molar-refractivity contribution in [2.75, 3.05) is 0 Å². The van der Waals surface area contributed by atoms with Gasteiger partial charge in [0, 0.05) is 38.2 Å². The molecule has 9 rings (SSSR count). The predicted octanol–water partition coefficient (Wildman–Crippen LogP) is 12.7. The van der Waals surface area contributed by atoms with Crippen LogP contribution in [-0.4, -0.2) is 0 Å². The molecule has 0 unspecified atom stereocenters. The summed E-state index contributed by atoms with van der Waals surface area (Å²) in [4.78, 5) is 0. The van der Waals surface area contributed by atoms with Crippen LogP contribution in [0.2, 0.25) is 0 Å². The second kappa shape index (κ2) is 10.8. The second-order valence-electron chi connectivity index (χ2n) is 11.7. The third-order valence-corrected chi connectivity index (χ3v) is 8.92. The fourth-order valence-electron chi connectivity index (χ4n) is 6.72. The summed E-state index contributed by atoms with van der Waals surface area (Å²) in [5.74, 6) is 1.72. The average molecular weight is 589 g/mol. The van der Waals surface area contributed by atoms with Crippen LogP contribution >= 0.6 is 0 Å². The minimum atomic E-state index is 0.855. The maximum atomic E-state index is 6.99. The summed E-state index contributed by atoms with van der Waals surface area (Å²) in [6.45, 7) is 0. The van der Waals surface area contributed by atoms with E-state index in [1.807, 2.05) is 18.2 Å². The third-order valence-electron chi connectivity index (χ3n) is 8.92. The Kier molecular flexibility index (Phi) is 6.17. The highest BCUT2D eigenvalue weighted by atomic mass is 16.3. The van der Waals surface area contributed by atoms with E-state index < -0.39 is 0 Å². The molecule has 0 saturated carbocycles. The van der Waals surface area contributed by atoms with Crippen LogP contribution < -0.4 is 0 Å². The van der Waals surface area contributed by atoms with Gasteiger partial charge in [0.05, 0.1) is 0 Å². The van der Waals surface area contributed by atoms with Crippen molar-refractivity contribution in [2.24, 2.45) is 0 Å². The maximum Gasteiger partial charge on any atom is 0.143 e. The van der Waals surface area contributed by atoms with Crippen LogP contribution in [0.15, 0.2) is 179 Å². The summed E-state index contributed by atoms with van der Waals surface area (Å²) in [7, 11) is 0. The molecule has 0 atom stereocenters. The van der Waals surface area contributed by atoms with E-state index in [1.165, 1.54) is 5.56 Å². The van der Waals surface area contributed by atoms with Crippen LogP contribution in [-0.2, 0) is 0 Å². The van der Waals surface area contributed by atoms with E-state index in [9.17, 15) is 0 Å². The van der Waals surface area contributed by atoms with E-state index in [4.69, 9.17) is 8.83 Å². The molecule has 2 heterocycles. The average Bonchev–Trinajstić information content (AvgIpc) is 3.71. The Morgan fingerprint density at radius 2 is 0.891 bits per heavy atom. The molecule has 0 saturated heterocycles. The monoisotopic (exact) mass is 588 g/mol. The van der Waals surface area contributed by atoms with Gasteiger partial charge in [-0.05, 0) is 46.0 Å². The number of fused-ring (bicyclic) bond motifs is 4. The number of hydrogen-bond donors (Lipinski definition) is 0. The standard InChI is InChI=1S/C44H28O2/c1-3-13-29(14-4-1)31-17-11-18-33(27-31)42-38-20-7-8-21-39(38)44(46-42)40-28-32(25-26-34(40)30-15-5-2-6-16-30)35-22-12-23-37-36-19-9-10-24-41(36)45-43(35)37/h1-28H. The molecule has 46 heavy (non-hydrogen) atoms. The number of hydrogen-bond acceptors (Lipinski definition) is 2. The normalized spacial score (nSPS) is 11.5. The topological polar surface area (TPSA) is 26.3 Å². The molecular formula is C44H28O2. The third kappa shape index (κ3) is 4.35. The van der Waals surface area contributed by atoms with E-state index in [1.54, 1.807) is 0 Å². The second-order valence-corrected chi connectivity index (χ2v) is 11.7. The van der Waals surface area contributed by atoms with Crippen molar-refractivity contribution in [2.45, 2.75) is 0 Å². The van der Waals surface area contributed by atoms with E-state index in [2.05, 4.69) is 152 Å². The molecule has 0 amide bonds. The van der Waals surface area contributed by atoms with Gasteiger partial charge in [-0.1, -0.05) is 152 Å². The zero-order chi connectivity index (χ0) is 30.5. The molecule has 0 N–H and O–H groups in total. The molecule has 9 aromatic rings. The molecule has 0 aliphatic heterocycles. The van der Waals surface area contributed by atoms with Crippen molar-refractivity contribution >= 4 is 32.7 Å². The van der Waals surface area contributed by atoms with Gasteiger partial charge in [0.25, 0.3) is 0 Å². The van der Waals surface area contributed by atoms with Gasteiger partial charge < -0.3 is 8.83 Å². The molecule has 2 aromatic heterocycles. The van der Waals surface area contributed by atoms with Crippen molar-refractivity contribution in [3.63, 3.8) is 0 Å². The first-order valence-corrected chi connectivity index (χ1v) is 15.6. The highest BCUT2D eigenvalue weighted by Gasteiger charge is 2.21. The summed E-state index contributed by atoms with van der Waals surface area (Å²) < 4.78 is 13.4. The van der Waals surface area contributed by atoms with Gasteiger partial charge >= 0.3 is 0 Å². The summed E-state index contributed by atoms with van der Waals surface area (Å²) in [5.41, 5.74) is 10.6. The lowest BCUT2D eigenvalue weighted by Gasteiger charge is -2.12.